The Labute approximate surface area is 384 Å². The van der Waals surface area contributed by atoms with Crippen molar-refractivity contribution in [3.63, 3.8) is 0 Å². The van der Waals surface area contributed by atoms with Crippen molar-refractivity contribution in [1.29, 1.82) is 0 Å². The van der Waals surface area contributed by atoms with E-state index in [2.05, 4.69) is 26.0 Å². The highest BCUT2D eigenvalue weighted by atomic mass is 31.2. The zero-order valence-corrected chi connectivity index (χ0v) is 42.5. The van der Waals surface area contributed by atoms with Gasteiger partial charge in [-0.2, -0.15) is 0 Å². The molecule has 9 nitrogen and oxygen atoms in total. The van der Waals surface area contributed by atoms with Crippen LogP contribution >= 0.6 is 7.82 Å². The van der Waals surface area contributed by atoms with Gasteiger partial charge in [-0.25, -0.2) is 4.57 Å². The number of hydrogen-bond acceptors (Lipinski definition) is 7. The largest absolute Gasteiger partial charge is 0.472 e. The van der Waals surface area contributed by atoms with Crippen LogP contribution in [-0.2, 0) is 32.7 Å². The van der Waals surface area contributed by atoms with E-state index in [4.69, 9.17) is 18.5 Å². The molecule has 62 heavy (non-hydrogen) atoms. The Bertz CT molecular complexity index is 1060. The van der Waals surface area contributed by atoms with Crippen LogP contribution in [0.25, 0.3) is 0 Å². The summed E-state index contributed by atoms with van der Waals surface area (Å²) in [5.41, 5.74) is 0. The number of allylic oxidation sites excluding steroid dienone is 2. The van der Waals surface area contributed by atoms with Crippen molar-refractivity contribution in [3.8, 4) is 0 Å². The molecule has 0 radical (unpaired) electrons. The summed E-state index contributed by atoms with van der Waals surface area (Å²) in [4.78, 5) is 35.6. The molecule has 0 saturated heterocycles. The summed E-state index contributed by atoms with van der Waals surface area (Å²) in [5, 5.41) is 0. The molecule has 0 rings (SSSR count). The first kappa shape index (κ1) is 60.8. The Hall–Kier alpha value is -1.25. The predicted octanol–water partition coefficient (Wildman–Crippen LogP) is 15.7. The van der Waals surface area contributed by atoms with Gasteiger partial charge in [0.1, 0.15) is 19.8 Å². The Balaban J connectivity index is 4.21. The summed E-state index contributed by atoms with van der Waals surface area (Å²) >= 11 is 0. The molecule has 0 aromatic carbocycles. The van der Waals surface area contributed by atoms with Crippen LogP contribution in [-0.4, -0.2) is 74.9 Å². The van der Waals surface area contributed by atoms with Gasteiger partial charge in [0.25, 0.3) is 0 Å². The highest BCUT2D eigenvalue weighted by Crippen LogP contribution is 2.43. The highest BCUT2D eigenvalue weighted by molar-refractivity contribution is 7.47. The fourth-order valence-corrected chi connectivity index (χ4v) is 8.40. The number of carbonyl (C=O) groups is 2. The second kappa shape index (κ2) is 44.9. The molecule has 1 N–H and O–H groups in total. The molecule has 0 saturated carbocycles. The second-order valence-corrected chi connectivity index (χ2v) is 20.7. The summed E-state index contributed by atoms with van der Waals surface area (Å²) in [7, 11) is 1.49. The summed E-state index contributed by atoms with van der Waals surface area (Å²) in [6.07, 6.45) is 49.7. The number of nitrogens with zero attached hydrogens (tertiary/aromatic N) is 1. The average Bonchev–Trinajstić information content (AvgIpc) is 3.23. The predicted molar refractivity (Wildman–Crippen MR) is 261 cm³/mol. The molecule has 10 heteroatoms. The van der Waals surface area contributed by atoms with E-state index in [-0.39, 0.29) is 25.6 Å². The van der Waals surface area contributed by atoms with Gasteiger partial charge >= 0.3 is 19.8 Å². The number of unbranched alkanes of at least 4 members (excludes halogenated alkanes) is 33. The van der Waals surface area contributed by atoms with Crippen molar-refractivity contribution in [2.45, 2.75) is 264 Å². The van der Waals surface area contributed by atoms with E-state index >= 15 is 0 Å². The van der Waals surface area contributed by atoms with Crippen LogP contribution in [0.1, 0.15) is 258 Å². The molecular weight excluding hydrogens is 798 g/mol. The molecule has 0 heterocycles. The van der Waals surface area contributed by atoms with Crippen LogP contribution in [0.4, 0.5) is 0 Å². The molecular formula is C52H103NO8P+. The normalized spacial score (nSPS) is 13.5. The molecule has 0 aliphatic heterocycles. The molecule has 0 aliphatic rings. The van der Waals surface area contributed by atoms with Crippen molar-refractivity contribution in [2.75, 3.05) is 47.5 Å². The summed E-state index contributed by atoms with van der Waals surface area (Å²) in [6.45, 7) is 4.47. The van der Waals surface area contributed by atoms with Crippen LogP contribution in [0.2, 0.25) is 0 Å². The second-order valence-electron chi connectivity index (χ2n) is 19.3. The van der Waals surface area contributed by atoms with E-state index in [1.165, 1.54) is 180 Å². The fraction of sp³-hybridized carbons (Fsp3) is 0.923. The van der Waals surface area contributed by atoms with Gasteiger partial charge in [-0.3, -0.25) is 18.6 Å². The third kappa shape index (κ3) is 48.2. The summed E-state index contributed by atoms with van der Waals surface area (Å²) in [6, 6.07) is 0. The molecule has 1 unspecified atom stereocenters. The molecule has 0 aliphatic carbocycles. The molecule has 0 aromatic heterocycles. The van der Waals surface area contributed by atoms with E-state index in [1.807, 2.05) is 21.1 Å². The van der Waals surface area contributed by atoms with Gasteiger partial charge in [0, 0.05) is 12.8 Å². The Morgan fingerprint density at radius 2 is 0.823 bits per heavy atom. The number of hydrogen-bond donors (Lipinski definition) is 1. The van der Waals surface area contributed by atoms with Crippen LogP contribution in [0, 0.1) is 0 Å². The van der Waals surface area contributed by atoms with Crippen LogP contribution in [0.5, 0.6) is 0 Å². The number of esters is 2. The maximum atomic E-state index is 12.8. The third-order valence-electron chi connectivity index (χ3n) is 11.8. The topological polar surface area (TPSA) is 108 Å². The average molecular weight is 901 g/mol. The molecule has 0 fully saturated rings. The Kier molecular flexibility index (Phi) is 44.0. The first-order valence-electron chi connectivity index (χ1n) is 26.4. The third-order valence-corrected chi connectivity index (χ3v) is 12.8. The smallest absolute Gasteiger partial charge is 0.462 e. The standard InChI is InChI=1S/C52H102NO8P/c1-6-8-10-12-14-16-18-20-22-24-26-28-30-32-34-36-38-40-42-44-51(54)58-48-50(49-60-62(56,57)59-47-46-53(3,4)5)61-52(55)45-43-41-39-37-35-33-31-29-27-25-23-21-19-17-15-13-11-9-7-2/h25,27,50H,6-24,26,28-49H2,1-5H3/p+1/b27-25-/t50-/m1/s1. The van der Waals surface area contributed by atoms with Crippen molar-refractivity contribution in [1.82, 2.24) is 0 Å². The lowest BCUT2D eigenvalue weighted by atomic mass is 10.0. The van der Waals surface area contributed by atoms with Crippen molar-refractivity contribution >= 4 is 19.8 Å². The lowest BCUT2D eigenvalue weighted by Crippen LogP contribution is -2.37. The lowest BCUT2D eigenvalue weighted by molar-refractivity contribution is -0.870. The van der Waals surface area contributed by atoms with Gasteiger partial charge < -0.3 is 18.9 Å². The van der Waals surface area contributed by atoms with Gasteiger partial charge in [-0.15, -0.1) is 0 Å². The SMILES string of the molecule is CCCCCCCCCC/C=C\CCCCCCCCCC(=O)O[C@H](COC(=O)CCCCCCCCCCCCCCCCCCCCC)COP(=O)(O)OCC[N+](C)(C)C. The van der Waals surface area contributed by atoms with Crippen molar-refractivity contribution in [2.24, 2.45) is 0 Å². The summed E-state index contributed by atoms with van der Waals surface area (Å²) < 4.78 is 34.5. The number of rotatable bonds is 49. The number of ether oxygens (including phenoxy) is 2. The first-order valence-corrected chi connectivity index (χ1v) is 27.9. The minimum Gasteiger partial charge on any atom is -0.462 e. The van der Waals surface area contributed by atoms with E-state index in [1.54, 1.807) is 0 Å². The molecule has 0 amide bonds. The molecule has 0 spiro atoms. The van der Waals surface area contributed by atoms with Crippen LogP contribution in [0.3, 0.4) is 0 Å². The van der Waals surface area contributed by atoms with E-state index in [0.29, 0.717) is 23.9 Å². The number of phosphoric ester groups is 1. The van der Waals surface area contributed by atoms with Gasteiger partial charge in [-0.05, 0) is 38.5 Å². The molecule has 368 valence electrons. The van der Waals surface area contributed by atoms with Crippen LogP contribution in [0.15, 0.2) is 12.2 Å². The lowest BCUT2D eigenvalue weighted by Gasteiger charge is -2.24. The van der Waals surface area contributed by atoms with E-state index in [9.17, 15) is 19.0 Å². The quantitative estimate of drug-likeness (QED) is 0.0211. The highest BCUT2D eigenvalue weighted by Gasteiger charge is 2.27. The number of carbonyl (C=O) groups excluding carboxylic acids is 2. The number of quaternary nitrogens is 1. The minimum absolute atomic E-state index is 0.0343. The molecule has 2 atom stereocenters. The zero-order valence-electron chi connectivity index (χ0n) is 41.6. The monoisotopic (exact) mass is 901 g/mol. The van der Waals surface area contributed by atoms with Crippen molar-refractivity contribution < 1.29 is 42.1 Å². The number of likely N-dealkylation sites (N-methyl/N-ethyl adjacent to an activating group) is 1. The van der Waals surface area contributed by atoms with Gasteiger partial charge in [-0.1, -0.05) is 219 Å². The molecule has 0 bridgehead atoms. The number of phosphoric acid groups is 1. The summed E-state index contributed by atoms with van der Waals surface area (Å²) in [5.74, 6) is -0.787. The Morgan fingerprint density at radius 3 is 1.19 bits per heavy atom. The zero-order chi connectivity index (χ0) is 45.7. The fourth-order valence-electron chi connectivity index (χ4n) is 7.66. The van der Waals surface area contributed by atoms with Crippen molar-refractivity contribution in [3.05, 3.63) is 12.2 Å². The van der Waals surface area contributed by atoms with Crippen LogP contribution < -0.4 is 0 Å². The van der Waals surface area contributed by atoms with Gasteiger partial charge in [0.15, 0.2) is 6.10 Å². The Morgan fingerprint density at radius 1 is 0.484 bits per heavy atom. The maximum absolute atomic E-state index is 12.8. The van der Waals surface area contributed by atoms with Gasteiger partial charge in [0.2, 0.25) is 0 Å². The molecule has 0 aromatic rings. The first-order chi connectivity index (χ1) is 30.0. The van der Waals surface area contributed by atoms with Gasteiger partial charge in [0.05, 0.1) is 27.7 Å². The van der Waals surface area contributed by atoms with E-state index in [0.717, 1.165) is 44.9 Å². The van der Waals surface area contributed by atoms with E-state index < -0.39 is 26.5 Å². The minimum atomic E-state index is -4.38. The maximum Gasteiger partial charge on any atom is 0.472 e.